The van der Waals surface area contributed by atoms with Gasteiger partial charge in [-0.1, -0.05) is 132 Å². The van der Waals surface area contributed by atoms with Crippen molar-refractivity contribution in [3.05, 3.63) is 106 Å². The molecule has 0 aliphatic heterocycles. The summed E-state index contributed by atoms with van der Waals surface area (Å²) >= 11 is 0. The van der Waals surface area contributed by atoms with Crippen LogP contribution in [0, 0.1) is 35.3 Å². The van der Waals surface area contributed by atoms with Gasteiger partial charge in [0, 0.05) is 16.7 Å². The molecule has 41 heavy (non-hydrogen) atoms. The molecular weight excluding hydrogens is 506 g/mol. The molecular formula is C39H46F2. The Morgan fingerprint density at radius 3 is 1.24 bits per heavy atom. The average molecular weight is 553 g/mol. The zero-order valence-corrected chi connectivity index (χ0v) is 25.1. The highest BCUT2D eigenvalue weighted by molar-refractivity contribution is 5.49. The summed E-state index contributed by atoms with van der Waals surface area (Å²) in [5.74, 6) is 10.1. The summed E-state index contributed by atoms with van der Waals surface area (Å²) in [4.78, 5) is 0. The van der Waals surface area contributed by atoms with E-state index in [2.05, 4.69) is 61.8 Å². The lowest BCUT2D eigenvalue weighted by Crippen LogP contribution is -1.93. The molecule has 0 radical (unpaired) electrons. The molecule has 2 heteroatoms. The van der Waals surface area contributed by atoms with E-state index in [9.17, 15) is 8.78 Å². The predicted octanol–water partition coefficient (Wildman–Crippen LogP) is 11.0. The smallest absolute Gasteiger partial charge is 0.143 e. The van der Waals surface area contributed by atoms with E-state index in [4.69, 9.17) is 0 Å². The summed E-state index contributed by atoms with van der Waals surface area (Å²) in [6.07, 6.45) is 18.9. The first-order valence-electron chi connectivity index (χ1n) is 15.8. The van der Waals surface area contributed by atoms with Crippen LogP contribution >= 0.6 is 0 Å². The maximum atomic E-state index is 14.7. The van der Waals surface area contributed by atoms with E-state index >= 15 is 0 Å². The SMILES string of the molecule is CCCCCCCCCCc1ccc(C#Cc2c(F)cc(C#Cc3ccc(CCCCCCC)cc3)cc2F)cc1. The number of halogens is 2. The lowest BCUT2D eigenvalue weighted by Gasteiger charge is -2.03. The Morgan fingerprint density at radius 2 is 0.805 bits per heavy atom. The molecule has 0 bridgehead atoms. The third-order valence-electron chi connectivity index (χ3n) is 7.52. The third-order valence-corrected chi connectivity index (χ3v) is 7.52. The van der Waals surface area contributed by atoms with Crippen molar-refractivity contribution in [1.29, 1.82) is 0 Å². The molecule has 0 heterocycles. The maximum Gasteiger partial charge on any atom is 0.143 e. The Hall–Kier alpha value is -3.36. The zero-order chi connectivity index (χ0) is 29.1. The molecule has 0 aromatic heterocycles. The molecule has 216 valence electrons. The van der Waals surface area contributed by atoms with Crippen LogP contribution in [-0.2, 0) is 12.8 Å². The van der Waals surface area contributed by atoms with Gasteiger partial charge in [0.15, 0.2) is 0 Å². The van der Waals surface area contributed by atoms with E-state index in [-0.39, 0.29) is 5.56 Å². The number of benzene rings is 3. The third kappa shape index (κ3) is 12.4. The van der Waals surface area contributed by atoms with Crippen molar-refractivity contribution in [3.63, 3.8) is 0 Å². The summed E-state index contributed by atoms with van der Waals surface area (Å²) in [5, 5.41) is 0. The second-order valence-corrected chi connectivity index (χ2v) is 11.1. The summed E-state index contributed by atoms with van der Waals surface area (Å²) in [7, 11) is 0. The molecule has 0 saturated heterocycles. The minimum absolute atomic E-state index is 0.221. The first kappa shape index (κ1) is 32.2. The van der Waals surface area contributed by atoms with E-state index < -0.39 is 11.6 Å². The van der Waals surface area contributed by atoms with Gasteiger partial charge in [0.05, 0.1) is 5.56 Å². The molecule has 0 amide bonds. The van der Waals surface area contributed by atoms with Crippen LogP contribution in [-0.4, -0.2) is 0 Å². The predicted molar refractivity (Wildman–Crippen MR) is 170 cm³/mol. The molecule has 0 saturated carbocycles. The fraction of sp³-hybridized carbons (Fsp3) is 0.436. The molecule has 0 aliphatic rings. The normalized spacial score (nSPS) is 10.5. The van der Waals surface area contributed by atoms with Crippen molar-refractivity contribution >= 4 is 0 Å². The van der Waals surface area contributed by atoms with Crippen molar-refractivity contribution in [3.8, 4) is 23.7 Å². The van der Waals surface area contributed by atoms with Crippen molar-refractivity contribution < 1.29 is 8.78 Å². The molecule has 0 spiro atoms. The number of unbranched alkanes of at least 4 members (excludes halogenated alkanes) is 11. The van der Waals surface area contributed by atoms with Crippen LogP contribution in [0.2, 0.25) is 0 Å². The highest BCUT2D eigenvalue weighted by atomic mass is 19.1. The van der Waals surface area contributed by atoms with Crippen LogP contribution in [0.25, 0.3) is 0 Å². The minimum atomic E-state index is -0.688. The number of aryl methyl sites for hydroxylation is 2. The van der Waals surface area contributed by atoms with E-state index in [0.29, 0.717) is 5.56 Å². The van der Waals surface area contributed by atoms with Crippen LogP contribution in [0.3, 0.4) is 0 Å². The van der Waals surface area contributed by atoms with Crippen molar-refractivity contribution in [2.75, 3.05) is 0 Å². The summed E-state index contributed by atoms with van der Waals surface area (Å²) in [6.45, 7) is 4.47. The van der Waals surface area contributed by atoms with Crippen LogP contribution in [0.1, 0.15) is 131 Å². The fourth-order valence-electron chi connectivity index (χ4n) is 4.95. The van der Waals surface area contributed by atoms with Crippen molar-refractivity contribution in [2.24, 2.45) is 0 Å². The van der Waals surface area contributed by atoms with Gasteiger partial charge in [-0.05, 0) is 73.2 Å². The average Bonchev–Trinajstić information content (AvgIpc) is 2.98. The lowest BCUT2D eigenvalue weighted by molar-refractivity contribution is 0.575. The Kier molecular flexibility index (Phi) is 14.8. The van der Waals surface area contributed by atoms with Gasteiger partial charge in [-0.25, -0.2) is 8.78 Å². The van der Waals surface area contributed by atoms with Gasteiger partial charge in [-0.2, -0.15) is 0 Å². The van der Waals surface area contributed by atoms with Crippen LogP contribution < -0.4 is 0 Å². The van der Waals surface area contributed by atoms with Crippen LogP contribution in [0.15, 0.2) is 60.7 Å². The Labute approximate surface area is 248 Å². The van der Waals surface area contributed by atoms with E-state index in [1.165, 1.54) is 107 Å². The maximum absolute atomic E-state index is 14.7. The highest BCUT2D eigenvalue weighted by Crippen LogP contribution is 2.16. The van der Waals surface area contributed by atoms with E-state index in [1.807, 2.05) is 24.3 Å². The lowest BCUT2D eigenvalue weighted by atomic mass is 10.0. The van der Waals surface area contributed by atoms with Gasteiger partial charge < -0.3 is 0 Å². The largest absolute Gasteiger partial charge is 0.205 e. The Balaban J connectivity index is 1.50. The van der Waals surface area contributed by atoms with E-state index in [0.717, 1.165) is 24.0 Å². The van der Waals surface area contributed by atoms with E-state index in [1.54, 1.807) is 0 Å². The minimum Gasteiger partial charge on any atom is -0.205 e. The van der Waals surface area contributed by atoms with Crippen LogP contribution in [0.4, 0.5) is 8.78 Å². The Bertz CT molecular complexity index is 1270. The summed E-state index contributed by atoms with van der Waals surface area (Å²) in [5.41, 5.74) is 4.23. The van der Waals surface area contributed by atoms with Crippen molar-refractivity contribution in [1.82, 2.24) is 0 Å². The second-order valence-electron chi connectivity index (χ2n) is 11.1. The Morgan fingerprint density at radius 1 is 0.439 bits per heavy atom. The van der Waals surface area contributed by atoms with Gasteiger partial charge in [-0.3, -0.25) is 0 Å². The highest BCUT2D eigenvalue weighted by Gasteiger charge is 2.08. The fourth-order valence-corrected chi connectivity index (χ4v) is 4.95. The first-order chi connectivity index (χ1) is 20.1. The molecule has 0 atom stereocenters. The summed E-state index contributed by atoms with van der Waals surface area (Å²) < 4.78 is 29.5. The summed E-state index contributed by atoms with van der Waals surface area (Å²) in [6, 6.07) is 18.6. The molecule has 0 nitrogen and oxygen atoms in total. The standard InChI is InChI=1S/C39H46F2/c1-3-5-7-9-10-11-13-15-17-33-20-24-35(25-21-33)28-29-37-38(40)30-36(31-39(37)41)27-26-34-22-18-32(19-23-34)16-14-12-8-6-4-2/h18-25,30-31H,3-17H2,1-2H3. The molecule has 0 aliphatic carbocycles. The molecule has 0 fully saturated rings. The van der Waals surface area contributed by atoms with Gasteiger partial charge in [-0.15, -0.1) is 0 Å². The molecule has 3 rings (SSSR count). The molecule has 3 aromatic rings. The monoisotopic (exact) mass is 552 g/mol. The van der Waals surface area contributed by atoms with Gasteiger partial charge in [0.1, 0.15) is 11.6 Å². The van der Waals surface area contributed by atoms with Gasteiger partial charge >= 0.3 is 0 Å². The first-order valence-corrected chi connectivity index (χ1v) is 15.8. The molecule has 0 unspecified atom stereocenters. The van der Waals surface area contributed by atoms with Crippen LogP contribution in [0.5, 0.6) is 0 Å². The van der Waals surface area contributed by atoms with Gasteiger partial charge in [0.2, 0.25) is 0 Å². The molecule has 3 aromatic carbocycles. The zero-order valence-electron chi connectivity index (χ0n) is 25.1. The van der Waals surface area contributed by atoms with Gasteiger partial charge in [0.25, 0.3) is 0 Å². The number of rotatable bonds is 15. The molecule has 0 N–H and O–H groups in total. The topological polar surface area (TPSA) is 0 Å². The quantitative estimate of drug-likeness (QED) is 0.130. The second kappa shape index (κ2) is 18.9. The number of hydrogen-bond acceptors (Lipinski definition) is 0. The number of hydrogen-bond donors (Lipinski definition) is 0. The van der Waals surface area contributed by atoms with Crippen molar-refractivity contribution in [2.45, 2.75) is 110 Å².